The summed E-state index contributed by atoms with van der Waals surface area (Å²) in [5.74, 6) is -0.855. The molecule has 0 aliphatic heterocycles. The number of benzene rings is 4. The van der Waals surface area contributed by atoms with E-state index in [9.17, 15) is 18.0 Å². The number of hydrogen-bond acceptors (Lipinski definition) is 4. The topological polar surface area (TPSA) is 86.8 Å². The van der Waals surface area contributed by atoms with Gasteiger partial charge in [-0.1, -0.05) is 107 Å². The van der Waals surface area contributed by atoms with Crippen molar-refractivity contribution in [3.05, 3.63) is 129 Å². The van der Waals surface area contributed by atoms with Gasteiger partial charge in [0, 0.05) is 33.5 Å². The Hall–Kier alpha value is -3.37. The lowest BCUT2D eigenvalue weighted by atomic mass is 10.0. The quantitative estimate of drug-likeness (QED) is 0.162. The summed E-state index contributed by atoms with van der Waals surface area (Å²) in [5, 5.41) is 3.93. The highest BCUT2D eigenvalue weighted by Crippen LogP contribution is 2.28. The summed E-state index contributed by atoms with van der Waals surface area (Å²) in [6, 6.07) is 28.1. The third-order valence-corrected chi connectivity index (χ3v) is 11.0. The number of carbonyl (C=O) groups excluding carboxylic acids is 2. The maximum absolute atomic E-state index is 14.6. The van der Waals surface area contributed by atoms with Crippen molar-refractivity contribution in [3.63, 3.8) is 0 Å². The van der Waals surface area contributed by atoms with Gasteiger partial charge in [0.2, 0.25) is 11.8 Å². The monoisotopic (exact) mass is 741 g/mol. The van der Waals surface area contributed by atoms with Gasteiger partial charge in [0.1, 0.15) is 12.6 Å². The molecule has 11 heteroatoms. The van der Waals surface area contributed by atoms with Crippen LogP contribution in [0.3, 0.4) is 0 Å². The Kier molecular flexibility index (Phi) is 11.4. The minimum Gasteiger partial charge on any atom is -0.352 e. The van der Waals surface area contributed by atoms with Crippen LogP contribution in [0.5, 0.6) is 0 Å². The van der Waals surface area contributed by atoms with Gasteiger partial charge >= 0.3 is 0 Å². The number of halogens is 3. The van der Waals surface area contributed by atoms with Crippen LogP contribution in [-0.4, -0.2) is 43.8 Å². The van der Waals surface area contributed by atoms with Crippen molar-refractivity contribution in [2.45, 2.75) is 55.6 Å². The fourth-order valence-electron chi connectivity index (χ4n) is 5.61. The van der Waals surface area contributed by atoms with Crippen molar-refractivity contribution in [1.82, 2.24) is 10.2 Å². The fourth-order valence-corrected chi connectivity index (χ4v) is 7.78. The van der Waals surface area contributed by atoms with Gasteiger partial charge in [-0.15, -0.1) is 0 Å². The molecule has 2 amide bonds. The molecule has 0 aromatic heterocycles. The maximum Gasteiger partial charge on any atom is 0.264 e. The van der Waals surface area contributed by atoms with Gasteiger partial charge in [-0.3, -0.25) is 13.9 Å². The number of nitrogens with zero attached hydrogens (tertiary/aromatic N) is 2. The van der Waals surface area contributed by atoms with Crippen LogP contribution >= 0.6 is 39.1 Å². The highest BCUT2D eigenvalue weighted by molar-refractivity contribution is 9.10. The Balaban J connectivity index is 1.57. The molecule has 1 aliphatic rings. The standard InChI is InChI=1S/C35H34BrCl2N3O4S/c36-27-16-19-30(20-17-27)41(46(44,45)31-13-5-2-6-14-31)24-34(42)40(23-26-15-18-28(37)22-32(26)38)33(21-25-9-3-1-4-10-25)35(43)39-29-11-7-8-12-29/h1-6,9-10,13-20,22,29,33H,7-8,11-12,21,23-24H2,(H,39,43)/t33-/m0/s1. The van der Waals surface area contributed by atoms with Crippen LogP contribution in [-0.2, 0) is 32.6 Å². The zero-order valence-electron chi connectivity index (χ0n) is 25.0. The molecular formula is C35H34BrCl2N3O4S. The third kappa shape index (κ3) is 8.50. The SMILES string of the molecule is O=C(NC1CCCC1)[C@H](Cc1ccccc1)N(Cc1ccc(Cl)cc1Cl)C(=O)CN(c1ccc(Br)cc1)S(=O)(=O)c1ccccc1. The Morgan fingerprint density at radius 2 is 1.50 bits per heavy atom. The van der Waals surface area contributed by atoms with Crippen LogP contribution in [0, 0.1) is 0 Å². The van der Waals surface area contributed by atoms with Gasteiger partial charge in [0.05, 0.1) is 10.6 Å². The lowest BCUT2D eigenvalue weighted by Gasteiger charge is -2.34. The number of amides is 2. The average Bonchev–Trinajstić information content (AvgIpc) is 3.57. The Morgan fingerprint density at radius 1 is 0.870 bits per heavy atom. The second-order valence-electron chi connectivity index (χ2n) is 11.3. The first-order valence-electron chi connectivity index (χ1n) is 15.0. The molecule has 0 saturated heterocycles. The molecule has 1 atom stereocenters. The Bertz CT molecular complexity index is 1750. The Morgan fingerprint density at radius 3 is 2.13 bits per heavy atom. The highest BCUT2D eigenvalue weighted by atomic mass is 79.9. The van der Waals surface area contributed by atoms with E-state index in [4.69, 9.17) is 23.2 Å². The predicted octanol–water partition coefficient (Wildman–Crippen LogP) is 7.65. The molecule has 0 heterocycles. The summed E-state index contributed by atoms with van der Waals surface area (Å²) in [6.07, 6.45) is 4.01. The van der Waals surface area contributed by atoms with Crippen molar-refractivity contribution in [3.8, 4) is 0 Å². The van der Waals surface area contributed by atoms with Gasteiger partial charge in [-0.05, 0) is 72.5 Å². The van der Waals surface area contributed by atoms with Crippen LogP contribution in [0.4, 0.5) is 5.69 Å². The molecule has 0 spiro atoms. The predicted molar refractivity (Wildman–Crippen MR) is 186 cm³/mol. The van der Waals surface area contributed by atoms with E-state index in [0.29, 0.717) is 21.3 Å². The largest absolute Gasteiger partial charge is 0.352 e. The van der Waals surface area contributed by atoms with Crippen LogP contribution < -0.4 is 9.62 Å². The highest BCUT2D eigenvalue weighted by Gasteiger charge is 2.35. The van der Waals surface area contributed by atoms with E-state index in [-0.39, 0.29) is 29.8 Å². The van der Waals surface area contributed by atoms with E-state index in [1.165, 1.54) is 17.0 Å². The molecular weight excluding hydrogens is 709 g/mol. The number of hydrogen-bond donors (Lipinski definition) is 1. The first kappa shape index (κ1) is 34.0. The van der Waals surface area contributed by atoms with Crippen molar-refractivity contribution in [2.75, 3.05) is 10.8 Å². The molecule has 1 fully saturated rings. The first-order valence-corrected chi connectivity index (χ1v) is 18.0. The molecule has 4 aromatic rings. The number of nitrogens with one attached hydrogen (secondary N) is 1. The summed E-state index contributed by atoms with van der Waals surface area (Å²) in [6.45, 7) is -0.587. The molecule has 46 heavy (non-hydrogen) atoms. The second kappa shape index (κ2) is 15.5. The molecule has 5 rings (SSSR count). The Labute approximate surface area is 288 Å². The van der Waals surface area contributed by atoms with Gasteiger partial charge in [0.25, 0.3) is 10.0 Å². The van der Waals surface area contributed by atoms with Gasteiger partial charge in [-0.2, -0.15) is 0 Å². The molecule has 7 nitrogen and oxygen atoms in total. The van der Waals surface area contributed by atoms with Crippen molar-refractivity contribution in [1.29, 1.82) is 0 Å². The molecule has 0 radical (unpaired) electrons. The minimum atomic E-state index is -4.18. The lowest BCUT2D eigenvalue weighted by Crippen LogP contribution is -2.54. The van der Waals surface area contributed by atoms with E-state index in [0.717, 1.165) is 40.0 Å². The fraction of sp³-hybridized carbons (Fsp3) is 0.257. The molecule has 0 unspecified atom stereocenters. The third-order valence-electron chi connectivity index (χ3n) is 8.05. The zero-order chi connectivity index (χ0) is 32.7. The van der Waals surface area contributed by atoms with Crippen LogP contribution in [0.1, 0.15) is 36.8 Å². The molecule has 1 saturated carbocycles. The number of carbonyl (C=O) groups is 2. The summed E-state index contributed by atoms with van der Waals surface area (Å²) in [7, 11) is -4.18. The van der Waals surface area contributed by atoms with Crippen molar-refractivity contribution >= 4 is 66.7 Å². The minimum absolute atomic E-state index is 0.0135. The summed E-state index contributed by atoms with van der Waals surface area (Å²) in [4.78, 5) is 30.2. The summed E-state index contributed by atoms with van der Waals surface area (Å²) in [5.41, 5.74) is 1.74. The normalized spacial score (nSPS) is 14.1. The van der Waals surface area contributed by atoms with Gasteiger partial charge < -0.3 is 10.2 Å². The van der Waals surface area contributed by atoms with Crippen molar-refractivity contribution < 1.29 is 18.0 Å². The van der Waals surface area contributed by atoms with Crippen molar-refractivity contribution in [2.24, 2.45) is 0 Å². The molecule has 1 aliphatic carbocycles. The van der Waals surface area contributed by atoms with Crippen LogP contribution in [0.15, 0.2) is 112 Å². The number of sulfonamides is 1. The van der Waals surface area contributed by atoms with E-state index in [2.05, 4.69) is 21.2 Å². The number of rotatable bonds is 12. The van der Waals surface area contributed by atoms with Crippen LogP contribution in [0.25, 0.3) is 0 Å². The zero-order valence-corrected chi connectivity index (χ0v) is 28.9. The lowest BCUT2D eigenvalue weighted by molar-refractivity contribution is -0.140. The first-order chi connectivity index (χ1) is 22.1. The molecule has 4 aromatic carbocycles. The summed E-state index contributed by atoms with van der Waals surface area (Å²) >= 11 is 16.2. The van der Waals surface area contributed by atoms with Gasteiger partial charge in [0.15, 0.2) is 0 Å². The average molecular weight is 744 g/mol. The molecule has 0 bridgehead atoms. The van der Waals surface area contributed by atoms with E-state index >= 15 is 0 Å². The smallest absolute Gasteiger partial charge is 0.264 e. The van der Waals surface area contributed by atoms with Gasteiger partial charge in [-0.25, -0.2) is 8.42 Å². The maximum atomic E-state index is 14.6. The molecule has 1 N–H and O–H groups in total. The van der Waals surface area contributed by atoms with E-state index in [1.54, 1.807) is 60.7 Å². The van der Waals surface area contributed by atoms with Crippen LogP contribution in [0.2, 0.25) is 10.0 Å². The van der Waals surface area contributed by atoms with E-state index < -0.39 is 28.5 Å². The molecule has 240 valence electrons. The van der Waals surface area contributed by atoms with E-state index in [1.807, 2.05) is 30.3 Å². The summed E-state index contributed by atoms with van der Waals surface area (Å²) < 4.78 is 30.0. The second-order valence-corrected chi connectivity index (χ2v) is 14.9. The number of anilines is 1.